The van der Waals surface area contributed by atoms with Gasteiger partial charge in [-0.05, 0) is 36.4 Å². The van der Waals surface area contributed by atoms with E-state index in [9.17, 15) is 0 Å². The van der Waals surface area contributed by atoms with E-state index in [0.29, 0.717) is 0 Å². The van der Waals surface area contributed by atoms with Crippen molar-refractivity contribution in [3.8, 4) is 22.5 Å². The van der Waals surface area contributed by atoms with Gasteiger partial charge in [0.25, 0.3) is 0 Å². The monoisotopic (exact) mass is 311 g/mol. The summed E-state index contributed by atoms with van der Waals surface area (Å²) in [6, 6.07) is 11.8. The number of pyridine rings is 3. The largest absolute Gasteiger partial charge is 0.264 e. The first-order valence-corrected chi connectivity index (χ1v) is 6.60. The average Bonchev–Trinajstić information content (AvgIpc) is 2.48. The first-order valence-electron chi connectivity index (χ1n) is 5.81. The molecule has 3 nitrogen and oxygen atoms in total. The van der Waals surface area contributed by atoms with E-state index in [-0.39, 0.29) is 0 Å². The molecule has 92 valence electrons. The van der Waals surface area contributed by atoms with Crippen LogP contribution in [0, 0.1) is 0 Å². The minimum atomic E-state index is 0.890. The highest BCUT2D eigenvalue weighted by atomic mass is 79.9. The molecule has 19 heavy (non-hydrogen) atoms. The number of hydrogen-bond acceptors (Lipinski definition) is 3. The SMILES string of the molecule is Brc1cc(-c2cccnc2)nc(-c2cccnc2)c1. The number of hydrogen-bond donors (Lipinski definition) is 0. The summed E-state index contributed by atoms with van der Waals surface area (Å²) < 4.78 is 0.986. The van der Waals surface area contributed by atoms with Crippen LogP contribution in [-0.2, 0) is 0 Å². The number of aromatic nitrogens is 3. The van der Waals surface area contributed by atoms with Crippen LogP contribution in [0.1, 0.15) is 0 Å². The lowest BCUT2D eigenvalue weighted by Crippen LogP contribution is -1.89. The van der Waals surface area contributed by atoms with Crippen molar-refractivity contribution >= 4 is 15.9 Å². The quantitative estimate of drug-likeness (QED) is 0.719. The zero-order valence-corrected chi connectivity index (χ0v) is 11.6. The second-order valence-electron chi connectivity index (χ2n) is 4.04. The van der Waals surface area contributed by atoms with Crippen LogP contribution < -0.4 is 0 Å². The fraction of sp³-hybridized carbons (Fsp3) is 0. The van der Waals surface area contributed by atoms with Crippen LogP contribution in [0.25, 0.3) is 22.5 Å². The first kappa shape index (κ1) is 12.0. The second kappa shape index (κ2) is 5.28. The molecule has 3 rings (SSSR count). The van der Waals surface area contributed by atoms with E-state index in [0.717, 1.165) is 27.0 Å². The van der Waals surface area contributed by atoms with E-state index >= 15 is 0 Å². The molecule has 0 aliphatic carbocycles. The third-order valence-corrected chi connectivity index (χ3v) is 3.16. The third-order valence-electron chi connectivity index (χ3n) is 2.70. The lowest BCUT2D eigenvalue weighted by molar-refractivity contribution is 1.25. The summed E-state index contributed by atoms with van der Waals surface area (Å²) in [5.74, 6) is 0. The number of halogens is 1. The molecule has 0 saturated heterocycles. The first-order chi connectivity index (χ1) is 9.33. The summed E-state index contributed by atoms with van der Waals surface area (Å²) in [6.45, 7) is 0. The van der Waals surface area contributed by atoms with Crippen LogP contribution in [0.15, 0.2) is 65.7 Å². The Morgan fingerprint density at radius 3 is 1.74 bits per heavy atom. The van der Waals surface area contributed by atoms with Crippen LogP contribution in [0.5, 0.6) is 0 Å². The van der Waals surface area contributed by atoms with Gasteiger partial charge in [0.05, 0.1) is 11.4 Å². The molecule has 0 saturated carbocycles. The van der Waals surface area contributed by atoms with E-state index in [4.69, 9.17) is 0 Å². The molecule has 0 atom stereocenters. The van der Waals surface area contributed by atoms with Gasteiger partial charge in [-0.15, -0.1) is 0 Å². The highest BCUT2D eigenvalue weighted by Gasteiger charge is 2.06. The van der Waals surface area contributed by atoms with E-state index in [1.165, 1.54) is 0 Å². The van der Waals surface area contributed by atoms with Crippen LogP contribution in [0.2, 0.25) is 0 Å². The molecular weight excluding hydrogens is 302 g/mol. The van der Waals surface area contributed by atoms with Gasteiger partial charge in [0.2, 0.25) is 0 Å². The fourth-order valence-electron chi connectivity index (χ4n) is 1.82. The number of rotatable bonds is 2. The van der Waals surface area contributed by atoms with E-state index in [2.05, 4.69) is 30.9 Å². The molecule has 3 heterocycles. The van der Waals surface area contributed by atoms with Gasteiger partial charge in [-0.3, -0.25) is 9.97 Å². The number of nitrogens with zero attached hydrogens (tertiary/aromatic N) is 3. The Bertz CT molecular complexity index is 627. The Morgan fingerprint density at radius 1 is 0.789 bits per heavy atom. The van der Waals surface area contributed by atoms with Crippen molar-refractivity contribution in [2.24, 2.45) is 0 Å². The van der Waals surface area contributed by atoms with Crippen molar-refractivity contribution in [1.82, 2.24) is 15.0 Å². The van der Waals surface area contributed by atoms with Crippen molar-refractivity contribution in [1.29, 1.82) is 0 Å². The second-order valence-corrected chi connectivity index (χ2v) is 4.95. The lowest BCUT2D eigenvalue weighted by Gasteiger charge is -2.06. The molecule has 0 N–H and O–H groups in total. The van der Waals surface area contributed by atoms with Crippen LogP contribution in [0.4, 0.5) is 0 Å². The maximum absolute atomic E-state index is 4.66. The molecule has 0 aromatic carbocycles. The van der Waals surface area contributed by atoms with Gasteiger partial charge < -0.3 is 0 Å². The molecule has 3 aromatic heterocycles. The summed E-state index contributed by atoms with van der Waals surface area (Å²) >= 11 is 3.53. The maximum atomic E-state index is 4.66. The summed E-state index contributed by atoms with van der Waals surface area (Å²) in [6.07, 6.45) is 7.12. The van der Waals surface area contributed by atoms with Crippen molar-refractivity contribution in [2.45, 2.75) is 0 Å². The highest BCUT2D eigenvalue weighted by Crippen LogP contribution is 2.26. The molecular formula is C15H10BrN3. The lowest BCUT2D eigenvalue weighted by atomic mass is 10.1. The van der Waals surface area contributed by atoms with Gasteiger partial charge in [0.1, 0.15) is 0 Å². The summed E-state index contributed by atoms with van der Waals surface area (Å²) in [5.41, 5.74) is 3.77. The highest BCUT2D eigenvalue weighted by molar-refractivity contribution is 9.10. The Kier molecular flexibility index (Phi) is 3.33. The van der Waals surface area contributed by atoms with Crippen molar-refractivity contribution in [3.05, 3.63) is 65.7 Å². The Hall–Kier alpha value is -2.07. The van der Waals surface area contributed by atoms with E-state index in [1.807, 2.05) is 48.8 Å². The molecule has 0 aliphatic rings. The molecule has 0 radical (unpaired) electrons. The smallest absolute Gasteiger partial charge is 0.0736 e. The van der Waals surface area contributed by atoms with E-state index < -0.39 is 0 Å². The van der Waals surface area contributed by atoms with Crippen LogP contribution in [0.3, 0.4) is 0 Å². The van der Waals surface area contributed by atoms with Gasteiger partial charge >= 0.3 is 0 Å². The molecule has 0 aliphatic heterocycles. The predicted molar refractivity (Wildman–Crippen MR) is 78.4 cm³/mol. The van der Waals surface area contributed by atoms with Gasteiger partial charge in [-0.25, -0.2) is 4.98 Å². The molecule has 0 bridgehead atoms. The summed E-state index contributed by atoms with van der Waals surface area (Å²) in [4.78, 5) is 12.9. The molecule has 0 unspecified atom stereocenters. The van der Waals surface area contributed by atoms with Gasteiger partial charge in [-0.2, -0.15) is 0 Å². The van der Waals surface area contributed by atoms with Crippen molar-refractivity contribution < 1.29 is 0 Å². The maximum Gasteiger partial charge on any atom is 0.0736 e. The minimum absolute atomic E-state index is 0.890. The third kappa shape index (κ3) is 2.69. The predicted octanol–water partition coefficient (Wildman–Crippen LogP) is 3.97. The van der Waals surface area contributed by atoms with Crippen molar-refractivity contribution in [3.63, 3.8) is 0 Å². The molecule has 0 spiro atoms. The van der Waals surface area contributed by atoms with Gasteiger partial charge in [0.15, 0.2) is 0 Å². The average molecular weight is 312 g/mol. The normalized spacial score (nSPS) is 10.4. The Labute approximate surface area is 119 Å². The zero-order chi connectivity index (χ0) is 13.1. The topological polar surface area (TPSA) is 38.7 Å². The van der Waals surface area contributed by atoms with Crippen LogP contribution in [-0.4, -0.2) is 15.0 Å². The molecule has 3 aromatic rings. The molecule has 0 amide bonds. The minimum Gasteiger partial charge on any atom is -0.264 e. The fourth-order valence-corrected chi connectivity index (χ4v) is 2.26. The molecule has 4 heteroatoms. The van der Waals surface area contributed by atoms with E-state index in [1.54, 1.807) is 12.4 Å². The summed E-state index contributed by atoms with van der Waals surface area (Å²) in [7, 11) is 0. The van der Waals surface area contributed by atoms with Gasteiger partial charge in [-0.1, -0.05) is 15.9 Å². The van der Waals surface area contributed by atoms with Gasteiger partial charge in [0, 0.05) is 40.4 Å². The molecule has 0 fully saturated rings. The standard InChI is InChI=1S/C15H10BrN3/c16-13-7-14(11-3-1-5-17-9-11)19-15(8-13)12-4-2-6-18-10-12/h1-10H. The Balaban J connectivity index is 2.12. The van der Waals surface area contributed by atoms with Crippen LogP contribution >= 0.6 is 15.9 Å². The Morgan fingerprint density at radius 2 is 1.32 bits per heavy atom. The van der Waals surface area contributed by atoms with Crippen molar-refractivity contribution in [2.75, 3.05) is 0 Å². The summed E-state index contributed by atoms with van der Waals surface area (Å²) in [5, 5.41) is 0. The zero-order valence-electron chi connectivity index (χ0n) is 9.99.